The Morgan fingerprint density at radius 2 is 1.74 bits per heavy atom. The molecule has 3 fully saturated rings. The van der Waals surface area contributed by atoms with Crippen LogP contribution < -0.4 is 9.80 Å². The molecule has 0 bridgehead atoms. The van der Waals surface area contributed by atoms with Crippen molar-refractivity contribution >= 4 is 29.0 Å². The van der Waals surface area contributed by atoms with Crippen LogP contribution >= 0.6 is 0 Å². The van der Waals surface area contributed by atoms with Crippen molar-refractivity contribution in [2.45, 2.75) is 45.6 Å². The molecule has 2 atom stereocenters. The molecule has 4 aromatic rings. The molecule has 1 N–H and O–H groups in total. The highest BCUT2D eigenvalue weighted by Crippen LogP contribution is 2.41. The minimum absolute atomic E-state index is 0.0415. The molecule has 7 heterocycles. The van der Waals surface area contributed by atoms with Crippen LogP contribution in [-0.4, -0.2) is 90.5 Å². The van der Waals surface area contributed by atoms with Crippen LogP contribution in [0.15, 0.2) is 42.7 Å². The van der Waals surface area contributed by atoms with E-state index >= 15 is 0 Å². The Balaban J connectivity index is 1.06. The fourth-order valence-corrected chi connectivity index (χ4v) is 6.90. The molecule has 7 rings (SSSR count). The van der Waals surface area contributed by atoms with Gasteiger partial charge in [0.05, 0.1) is 23.1 Å². The van der Waals surface area contributed by atoms with E-state index in [4.69, 9.17) is 0 Å². The number of likely N-dealkylation sites (tertiary alicyclic amines) is 1. The highest BCUT2D eigenvalue weighted by molar-refractivity contribution is 5.91. The third-order valence-corrected chi connectivity index (χ3v) is 9.33. The standard InChI is InChI=1S/C30H35N9O3/c1-20-15-22(35-12-8-29(3,17-35)39-11-7-21(2)33-39)16-38-26(20)32-25(34-38)27(40)37-14-10-30(19-37)9-13-36(18-30)24-6-4-5-23(31-24)28(41)42/h4-7,11,15-16H,8-10,12-14,17-19H2,1-3H3,(H,41,42)/t29?,30-/m1/s1. The number of aryl methyl sites for hydroxylation is 2. The van der Waals surface area contributed by atoms with Crippen molar-refractivity contribution < 1.29 is 14.7 Å². The van der Waals surface area contributed by atoms with Gasteiger partial charge in [-0.2, -0.15) is 5.10 Å². The van der Waals surface area contributed by atoms with Crippen molar-refractivity contribution in [3.8, 4) is 0 Å². The monoisotopic (exact) mass is 569 g/mol. The van der Waals surface area contributed by atoms with E-state index in [0.717, 1.165) is 62.4 Å². The number of pyridine rings is 2. The second-order valence-corrected chi connectivity index (χ2v) is 12.5. The van der Waals surface area contributed by atoms with Gasteiger partial charge in [-0.25, -0.2) is 19.3 Å². The third kappa shape index (κ3) is 4.45. The predicted molar refractivity (Wildman–Crippen MR) is 156 cm³/mol. The average molecular weight is 570 g/mol. The van der Waals surface area contributed by atoms with Gasteiger partial charge < -0.3 is 19.8 Å². The van der Waals surface area contributed by atoms with Gasteiger partial charge in [-0.1, -0.05) is 6.07 Å². The Kier molecular flexibility index (Phi) is 6.00. The first-order valence-corrected chi connectivity index (χ1v) is 14.5. The number of fused-ring (bicyclic) bond motifs is 1. The summed E-state index contributed by atoms with van der Waals surface area (Å²) in [4.78, 5) is 40.3. The minimum atomic E-state index is -1.03. The molecule has 0 aliphatic carbocycles. The van der Waals surface area contributed by atoms with E-state index in [-0.39, 0.29) is 28.4 Å². The first-order valence-electron chi connectivity index (χ1n) is 14.5. The second-order valence-electron chi connectivity index (χ2n) is 12.5. The Labute approximate surface area is 243 Å². The van der Waals surface area contributed by atoms with E-state index < -0.39 is 5.97 Å². The Bertz CT molecular complexity index is 1710. The van der Waals surface area contributed by atoms with Gasteiger partial charge in [-0.3, -0.25) is 9.48 Å². The molecule has 0 radical (unpaired) electrons. The van der Waals surface area contributed by atoms with Crippen LogP contribution in [0.25, 0.3) is 5.65 Å². The highest BCUT2D eigenvalue weighted by atomic mass is 16.4. The number of hydrogen-bond acceptors (Lipinski definition) is 8. The second kappa shape index (κ2) is 9.53. The lowest BCUT2D eigenvalue weighted by molar-refractivity contribution is 0.0689. The van der Waals surface area contributed by atoms with Gasteiger partial charge in [0, 0.05) is 50.9 Å². The first kappa shape index (κ1) is 26.4. The molecular weight excluding hydrogens is 534 g/mol. The van der Waals surface area contributed by atoms with E-state index in [1.807, 2.05) is 37.1 Å². The third-order valence-electron chi connectivity index (χ3n) is 9.33. The molecule has 0 aromatic carbocycles. The van der Waals surface area contributed by atoms with Crippen molar-refractivity contribution in [1.82, 2.24) is 34.3 Å². The summed E-state index contributed by atoms with van der Waals surface area (Å²) < 4.78 is 3.83. The zero-order valence-electron chi connectivity index (χ0n) is 24.2. The van der Waals surface area contributed by atoms with E-state index in [1.54, 1.807) is 10.6 Å². The quantitative estimate of drug-likeness (QED) is 0.386. The number of carboxylic acids is 1. The number of carbonyl (C=O) groups excluding carboxylic acids is 1. The number of carbonyl (C=O) groups is 2. The minimum Gasteiger partial charge on any atom is -0.477 e. The van der Waals surface area contributed by atoms with Crippen LogP contribution in [0, 0.1) is 19.3 Å². The number of rotatable bonds is 5. The molecule has 12 heteroatoms. The van der Waals surface area contributed by atoms with Gasteiger partial charge in [-0.15, -0.1) is 5.10 Å². The average Bonchev–Trinajstić information content (AvgIpc) is 3.80. The summed E-state index contributed by atoms with van der Waals surface area (Å²) in [6, 6.07) is 9.25. The number of aromatic carboxylic acids is 1. The van der Waals surface area contributed by atoms with Crippen LogP contribution in [0.5, 0.6) is 0 Å². The molecule has 42 heavy (non-hydrogen) atoms. The zero-order chi connectivity index (χ0) is 29.2. The number of nitrogens with zero attached hydrogens (tertiary/aromatic N) is 9. The SMILES string of the molecule is Cc1ccn(C2(C)CCN(c3cc(C)c4nc(C(=O)N5CC[C@@]6(CCN(c7cccc(C(=O)O)n7)C6)C5)nn4c3)C2)n1. The highest BCUT2D eigenvalue weighted by Gasteiger charge is 2.46. The maximum Gasteiger partial charge on any atom is 0.354 e. The van der Waals surface area contributed by atoms with Crippen LogP contribution in [-0.2, 0) is 5.54 Å². The molecule has 1 spiro atoms. The molecule has 12 nitrogen and oxygen atoms in total. The van der Waals surface area contributed by atoms with Crippen molar-refractivity contribution in [1.29, 1.82) is 0 Å². The summed E-state index contributed by atoms with van der Waals surface area (Å²) in [5.41, 5.74) is 3.65. The molecular formula is C30H35N9O3. The van der Waals surface area contributed by atoms with Crippen LogP contribution in [0.4, 0.5) is 11.5 Å². The topological polar surface area (TPSA) is 125 Å². The molecule has 3 saturated heterocycles. The fourth-order valence-electron chi connectivity index (χ4n) is 6.90. The Morgan fingerprint density at radius 3 is 2.52 bits per heavy atom. The van der Waals surface area contributed by atoms with Crippen molar-refractivity contribution in [2.75, 3.05) is 49.1 Å². The normalized spacial score (nSPS) is 24.0. The summed E-state index contributed by atoms with van der Waals surface area (Å²) in [5.74, 6) is -0.295. The predicted octanol–water partition coefficient (Wildman–Crippen LogP) is 3.00. The van der Waals surface area contributed by atoms with E-state index in [0.29, 0.717) is 24.6 Å². The van der Waals surface area contributed by atoms with Crippen molar-refractivity contribution in [3.05, 3.63) is 65.5 Å². The molecule has 4 aromatic heterocycles. The molecule has 0 saturated carbocycles. The zero-order valence-corrected chi connectivity index (χ0v) is 24.2. The van der Waals surface area contributed by atoms with Gasteiger partial charge in [-0.05, 0) is 69.9 Å². The van der Waals surface area contributed by atoms with E-state index in [9.17, 15) is 14.7 Å². The number of anilines is 2. The lowest BCUT2D eigenvalue weighted by Gasteiger charge is -2.26. The maximum atomic E-state index is 13.6. The van der Waals surface area contributed by atoms with Gasteiger partial charge in [0.2, 0.25) is 5.82 Å². The summed E-state index contributed by atoms with van der Waals surface area (Å²) in [6.45, 7) is 10.8. The molecule has 1 amide bonds. The van der Waals surface area contributed by atoms with Crippen LogP contribution in [0.3, 0.4) is 0 Å². The smallest absolute Gasteiger partial charge is 0.354 e. The Morgan fingerprint density at radius 1 is 0.929 bits per heavy atom. The summed E-state index contributed by atoms with van der Waals surface area (Å²) in [5, 5.41) is 18.6. The molecule has 218 valence electrons. The van der Waals surface area contributed by atoms with Crippen molar-refractivity contribution in [2.24, 2.45) is 5.41 Å². The van der Waals surface area contributed by atoms with Crippen molar-refractivity contribution in [3.63, 3.8) is 0 Å². The summed E-state index contributed by atoms with van der Waals surface area (Å²) >= 11 is 0. The number of amides is 1. The van der Waals surface area contributed by atoms with Crippen LogP contribution in [0.1, 0.15) is 58.6 Å². The van der Waals surface area contributed by atoms with E-state index in [2.05, 4.69) is 53.8 Å². The summed E-state index contributed by atoms with van der Waals surface area (Å²) in [7, 11) is 0. The summed E-state index contributed by atoms with van der Waals surface area (Å²) in [6.07, 6.45) is 6.83. The maximum absolute atomic E-state index is 13.6. The number of aromatic nitrogens is 6. The van der Waals surface area contributed by atoms with Gasteiger partial charge >= 0.3 is 5.97 Å². The molecule has 1 unspecified atom stereocenters. The lowest BCUT2D eigenvalue weighted by atomic mass is 9.86. The van der Waals surface area contributed by atoms with Gasteiger partial charge in [0.25, 0.3) is 5.91 Å². The largest absolute Gasteiger partial charge is 0.477 e. The number of carboxylic acid groups (broad SMARTS) is 1. The number of hydrogen-bond donors (Lipinski definition) is 1. The molecule has 3 aliphatic rings. The fraction of sp³-hybridized carbons (Fsp3) is 0.467. The van der Waals surface area contributed by atoms with Gasteiger partial charge in [0.15, 0.2) is 11.3 Å². The molecule has 3 aliphatic heterocycles. The van der Waals surface area contributed by atoms with Gasteiger partial charge in [0.1, 0.15) is 5.82 Å². The lowest BCUT2D eigenvalue weighted by Crippen LogP contribution is -2.34. The van der Waals surface area contributed by atoms with Crippen LogP contribution in [0.2, 0.25) is 0 Å². The Hall–Kier alpha value is -4.48. The first-order chi connectivity index (χ1) is 20.1. The van der Waals surface area contributed by atoms with E-state index in [1.165, 1.54) is 6.07 Å².